The standard InChI is InChI=1S/C26H38N2O8/c1-14(16-11-9-8-10-12-16)27-17(22(29)28-15(2)23(30)31-7)13-18-19-20(34-25(3,4)33-19)21-24(32-18)36-26(5,6)35-21/h8-12,14-15,17-21,24,27H,13H2,1-7H3,(H,28,29)/t14-,15-,17?,18+,19-,20-,21+,24+/m0/s1. The lowest BCUT2D eigenvalue weighted by atomic mass is 9.93. The number of amides is 1. The van der Waals surface area contributed by atoms with E-state index in [4.69, 9.17) is 28.4 Å². The molecule has 0 radical (unpaired) electrons. The van der Waals surface area contributed by atoms with Gasteiger partial charge in [0.25, 0.3) is 0 Å². The fourth-order valence-corrected chi connectivity index (χ4v) is 5.06. The van der Waals surface area contributed by atoms with E-state index in [0.29, 0.717) is 0 Å². The fourth-order valence-electron chi connectivity index (χ4n) is 5.06. The molecule has 3 fully saturated rings. The summed E-state index contributed by atoms with van der Waals surface area (Å²) in [6.45, 7) is 10.9. The number of hydrogen-bond acceptors (Lipinski definition) is 9. The normalized spacial score (nSPS) is 32.6. The molecule has 0 spiro atoms. The fraction of sp³-hybridized carbons (Fsp3) is 0.692. The largest absolute Gasteiger partial charge is 0.467 e. The van der Waals surface area contributed by atoms with E-state index in [0.717, 1.165) is 5.56 Å². The van der Waals surface area contributed by atoms with Gasteiger partial charge in [0.2, 0.25) is 5.91 Å². The number of esters is 1. The molecular weight excluding hydrogens is 468 g/mol. The van der Waals surface area contributed by atoms with Crippen molar-refractivity contribution in [1.82, 2.24) is 10.6 Å². The van der Waals surface area contributed by atoms with Gasteiger partial charge in [-0.2, -0.15) is 0 Å². The van der Waals surface area contributed by atoms with Crippen molar-refractivity contribution in [1.29, 1.82) is 0 Å². The summed E-state index contributed by atoms with van der Waals surface area (Å²) in [4.78, 5) is 25.4. The van der Waals surface area contributed by atoms with Crippen LogP contribution >= 0.6 is 0 Å². The van der Waals surface area contributed by atoms with Crippen LogP contribution < -0.4 is 10.6 Å². The zero-order valence-electron chi connectivity index (χ0n) is 22.0. The molecule has 4 rings (SSSR count). The maximum absolute atomic E-state index is 13.4. The topological polar surface area (TPSA) is 114 Å². The summed E-state index contributed by atoms with van der Waals surface area (Å²) in [6, 6.07) is 8.15. The van der Waals surface area contributed by atoms with Gasteiger partial charge < -0.3 is 33.7 Å². The molecule has 0 aromatic heterocycles. The minimum atomic E-state index is -0.843. The highest BCUT2D eigenvalue weighted by Crippen LogP contribution is 2.45. The van der Waals surface area contributed by atoms with E-state index in [9.17, 15) is 9.59 Å². The highest BCUT2D eigenvalue weighted by atomic mass is 16.9. The summed E-state index contributed by atoms with van der Waals surface area (Å²) >= 11 is 0. The third-order valence-corrected chi connectivity index (χ3v) is 6.70. The number of benzene rings is 1. The number of ether oxygens (including phenoxy) is 6. The molecule has 0 bridgehead atoms. The van der Waals surface area contributed by atoms with Gasteiger partial charge in [0.15, 0.2) is 17.9 Å². The lowest BCUT2D eigenvalue weighted by Crippen LogP contribution is -2.58. The van der Waals surface area contributed by atoms with Gasteiger partial charge >= 0.3 is 5.97 Å². The van der Waals surface area contributed by atoms with Crippen molar-refractivity contribution in [3.8, 4) is 0 Å². The van der Waals surface area contributed by atoms with Crippen molar-refractivity contribution in [3.63, 3.8) is 0 Å². The van der Waals surface area contributed by atoms with Gasteiger partial charge in [0.1, 0.15) is 24.4 Å². The van der Waals surface area contributed by atoms with Crippen molar-refractivity contribution in [2.45, 2.75) is 108 Å². The predicted octanol–water partition coefficient (Wildman–Crippen LogP) is 2.17. The second-order valence-electron chi connectivity index (χ2n) is 10.5. The number of rotatable bonds is 8. The Morgan fingerprint density at radius 3 is 2.22 bits per heavy atom. The molecule has 36 heavy (non-hydrogen) atoms. The van der Waals surface area contributed by atoms with Crippen LogP contribution in [0.1, 0.15) is 59.6 Å². The van der Waals surface area contributed by atoms with Crippen molar-refractivity contribution in [2.24, 2.45) is 0 Å². The van der Waals surface area contributed by atoms with Crippen LogP contribution in [-0.2, 0) is 38.0 Å². The van der Waals surface area contributed by atoms with Crippen molar-refractivity contribution >= 4 is 11.9 Å². The Labute approximate surface area is 212 Å². The molecule has 10 nitrogen and oxygen atoms in total. The zero-order chi connectivity index (χ0) is 26.3. The number of methoxy groups -OCH3 is 1. The Kier molecular flexibility index (Phi) is 7.76. The maximum atomic E-state index is 13.4. The summed E-state index contributed by atoms with van der Waals surface area (Å²) in [5, 5.41) is 6.16. The Bertz CT molecular complexity index is 939. The number of fused-ring (bicyclic) bond motifs is 3. The molecule has 200 valence electrons. The van der Waals surface area contributed by atoms with Crippen LogP contribution in [0.3, 0.4) is 0 Å². The van der Waals surface area contributed by atoms with Crippen LogP contribution in [0.15, 0.2) is 30.3 Å². The first-order valence-corrected chi connectivity index (χ1v) is 12.4. The SMILES string of the molecule is COC(=O)[C@H](C)NC(=O)C(C[C@H]1O[C@@H]2OC(C)(C)O[C@@H]2[C@H]2OC(C)(C)O[C@H]21)N[C@@H](C)c1ccccc1. The molecule has 8 atom stereocenters. The Morgan fingerprint density at radius 2 is 1.56 bits per heavy atom. The van der Waals surface area contributed by atoms with Gasteiger partial charge in [-0.3, -0.25) is 10.1 Å². The molecule has 1 unspecified atom stereocenters. The first kappa shape index (κ1) is 27.0. The first-order valence-electron chi connectivity index (χ1n) is 12.4. The van der Waals surface area contributed by atoms with Crippen molar-refractivity contribution in [2.75, 3.05) is 7.11 Å². The predicted molar refractivity (Wildman–Crippen MR) is 129 cm³/mol. The van der Waals surface area contributed by atoms with E-state index >= 15 is 0 Å². The summed E-state index contributed by atoms with van der Waals surface area (Å²) in [5.41, 5.74) is 1.02. The summed E-state index contributed by atoms with van der Waals surface area (Å²) < 4.78 is 35.6. The molecule has 0 saturated carbocycles. The molecule has 3 aliphatic rings. The second kappa shape index (κ2) is 10.4. The van der Waals surface area contributed by atoms with Crippen LogP contribution in [0.25, 0.3) is 0 Å². The highest BCUT2D eigenvalue weighted by molar-refractivity contribution is 5.87. The molecule has 3 saturated heterocycles. The van der Waals surface area contributed by atoms with Crippen LogP contribution in [0.4, 0.5) is 0 Å². The van der Waals surface area contributed by atoms with E-state index in [1.807, 2.05) is 65.0 Å². The van der Waals surface area contributed by atoms with Gasteiger partial charge in [-0.1, -0.05) is 30.3 Å². The van der Waals surface area contributed by atoms with E-state index in [-0.39, 0.29) is 18.4 Å². The lowest BCUT2D eigenvalue weighted by molar-refractivity contribution is -0.236. The van der Waals surface area contributed by atoms with Gasteiger partial charge in [-0.15, -0.1) is 0 Å². The number of carbonyl (C=O) groups is 2. The molecule has 3 aliphatic heterocycles. The monoisotopic (exact) mass is 506 g/mol. The molecule has 1 amide bonds. The molecule has 10 heteroatoms. The molecule has 3 heterocycles. The van der Waals surface area contributed by atoms with Gasteiger partial charge in [0.05, 0.1) is 19.3 Å². The third-order valence-electron chi connectivity index (χ3n) is 6.70. The zero-order valence-corrected chi connectivity index (χ0v) is 22.0. The van der Waals surface area contributed by atoms with Crippen molar-refractivity contribution in [3.05, 3.63) is 35.9 Å². The Morgan fingerprint density at radius 1 is 0.944 bits per heavy atom. The first-order chi connectivity index (χ1) is 16.9. The minimum Gasteiger partial charge on any atom is -0.467 e. The Hall–Kier alpha value is -2.08. The molecule has 2 N–H and O–H groups in total. The molecule has 1 aromatic carbocycles. The molecular formula is C26H38N2O8. The third kappa shape index (κ3) is 5.90. The van der Waals surface area contributed by atoms with Crippen LogP contribution in [0, 0.1) is 0 Å². The lowest BCUT2D eigenvalue weighted by Gasteiger charge is -2.39. The highest BCUT2D eigenvalue weighted by Gasteiger charge is 2.61. The maximum Gasteiger partial charge on any atom is 0.328 e. The summed E-state index contributed by atoms with van der Waals surface area (Å²) in [5.74, 6) is -2.55. The number of carbonyl (C=O) groups excluding carboxylic acids is 2. The van der Waals surface area contributed by atoms with Crippen LogP contribution in [0.2, 0.25) is 0 Å². The Balaban J connectivity index is 1.56. The minimum absolute atomic E-state index is 0.148. The van der Waals surface area contributed by atoms with Gasteiger partial charge in [0, 0.05) is 12.5 Å². The number of hydrogen-bond donors (Lipinski definition) is 2. The average Bonchev–Trinajstić information content (AvgIpc) is 3.32. The number of nitrogens with one attached hydrogen (secondary N) is 2. The molecule has 1 aromatic rings. The van der Waals surface area contributed by atoms with Crippen LogP contribution in [0.5, 0.6) is 0 Å². The van der Waals surface area contributed by atoms with Gasteiger partial charge in [-0.25, -0.2) is 4.79 Å². The average molecular weight is 507 g/mol. The quantitative estimate of drug-likeness (QED) is 0.512. The summed E-state index contributed by atoms with van der Waals surface area (Å²) in [7, 11) is 1.29. The van der Waals surface area contributed by atoms with E-state index in [1.165, 1.54) is 7.11 Å². The van der Waals surface area contributed by atoms with E-state index < -0.39 is 60.3 Å². The molecule has 0 aliphatic carbocycles. The van der Waals surface area contributed by atoms with Crippen LogP contribution in [-0.4, -0.2) is 73.4 Å². The van der Waals surface area contributed by atoms with E-state index in [1.54, 1.807) is 6.92 Å². The van der Waals surface area contributed by atoms with Crippen molar-refractivity contribution < 1.29 is 38.0 Å². The second-order valence-corrected chi connectivity index (χ2v) is 10.5. The van der Waals surface area contributed by atoms with E-state index in [2.05, 4.69) is 10.6 Å². The summed E-state index contributed by atoms with van der Waals surface area (Å²) in [6.07, 6.45) is -2.28. The van der Waals surface area contributed by atoms with Gasteiger partial charge in [-0.05, 0) is 47.1 Å². The smallest absolute Gasteiger partial charge is 0.328 e.